The van der Waals surface area contributed by atoms with Crippen molar-refractivity contribution in [3.8, 4) is 17.2 Å². The fourth-order valence-electron chi connectivity index (χ4n) is 2.84. The molecule has 1 fully saturated rings. The molecule has 2 amide bonds. The van der Waals surface area contributed by atoms with Crippen LogP contribution in [0.25, 0.3) is 0 Å². The molecule has 1 aliphatic rings. The summed E-state index contributed by atoms with van der Waals surface area (Å²) in [6.07, 6.45) is 0.143. The number of aromatic hydroxyl groups is 3. The molecule has 142 valence electrons. The summed E-state index contributed by atoms with van der Waals surface area (Å²) in [5.74, 6) is -1.91. The van der Waals surface area contributed by atoms with Crippen molar-refractivity contribution in [3.05, 3.63) is 48.0 Å². The summed E-state index contributed by atoms with van der Waals surface area (Å²) in [6, 6.07) is 9.55. The van der Waals surface area contributed by atoms with Crippen molar-refractivity contribution in [2.45, 2.75) is 11.3 Å². The third kappa shape index (κ3) is 4.37. The van der Waals surface area contributed by atoms with E-state index in [-0.39, 0.29) is 41.7 Å². The first-order chi connectivity index (χ1) is 12.8. The van der Waals surface area contributed by atoms with Crippen LogP contribution in [-0.4, -0.2) is 48.7 Å². The summed E-state index contributed by atoms with van der Waals surface area (Å²) < 4.78 is 13.8. The number of phenols is 3. The number of nitrogens with one attached hydrogen (secondary N) is 1. The second-order valence-corrected chi connectivity index (χ2v) is 7.59. The predicted octanol–water partition coefficient (Wildman–Crippen LogP) is 0.643. The monoisotopic (exact) mass is 390 g/mol. The number of nitrogens with zero attached hydrogens (tertiary/aromatic N) is 1. The average Bonchev–Trinajstić information content (AvgIpc) is 2.74. The molecule has 0 spiro atoms. The van der Waals surface area contributed by atoms with Crippen LogP contribution in [0, 0.1) is 5.92 Å². The predicted molar refractivity (Wildman–Crippen MR) is 96.2 cm³/mol. The number of hydrogen-bond donors (Lipinski definition) is 4. The lowest BCUT2D eigenvalue weighted by atomic mass is 9.98. The van der Waals surface area contributed by atoms with Crippen molar-refractivity contribution in [1.29, 1.82) is 0 Å². The van der Waals surface area contributed by atoms with Crippen molar-refractivity contribution in [1.82, 2.24) is 9.62 Å². The fraction of sp³-hybridized carbons (Fsp3) is 0.222. The summed E-state index contributed by atoms with van der Waals surface area (Å²) in [5.41, 5.74) is 0.511. The molecule has 2 unspecified atom stereocenters. The first-order valence-corrected chi connectivity index (χ1v) is 9.25. The zero-order chi connectivity index (χ0) is 19.6. The summed E-state index contributed by atoms with van der Waals surface area (Å²) >= 11 is 0. The van der Waals surface area contributed by atoms with E-state index in [0.29, 0.717) is 5.56 Å². The van der Waals surface area contributed by atoms with Crippen molar-refractivity contribution >= 4 is 22.8 Å². The Morgan fingerprint density at radius 2 is 1.63 bits per heavy atom. The van der Waals surface area contributed by atoms with Gasteiger partial charge < -0.3 is 20.6 Å². The van der Waals surface area contributed by atoms with Gasteiger partial charge in [0, 0.05) is 12.6 Å². The number of rotatable bonds is 4. The summed E-state index contributed by atoms with van der Waals surface area (Å²) in [5, 5.41) is 31.2. The van der Waals surface area contributed by atoms with Crippen LogP contribution in [0.4, 0.5) is 0 Å². The van der Waals surface area contributed by atoms with Gasteiger partial charge in [-0.05, 0) is 48.4 Å². The van der Waals surface area contributed by atoms with Gasteiger partial charge in [0.2, 0.25) is 11.8 Å². The Morgan fingerprint density at radius 1 is 1.00 bits per heavy atom. The number of carbonyl (C=O) groups is 2. The van der Waals surface area contributed by atoms with E-state index in [0.717, 1.165) is 4.31 Å². The van der Waals surface area contributed by atoms with Gasteiger partial charge >= 0.3 is 0 Å². The van der Waals surface area contributed by atoms with Crippen LogP contribution in [0.3, 0.4) is 0 Å². The third-order valence-corrected chi connectivity index (χ3v) is 5.50. The van der Waals surface area contributed by atoms with Crippen molar-refractivity contribution in [2.75, 3.05) is 13.1 Å². The van der Waals surface area contributed by atoms with Crippen LogP contribution in [-0.2, 0) is 27.0 Å². The van der Waals surface area contributed by atoms with Gasteiger partial charge in [0.15, 0.2) is 11.0 Å². The van der Waals surface area contributed by atoms with Crippen LogP contribution in [0.15, 0.2) is 47.4 Å². The average molecular weight is 390 g/mol. The maximum atomic E-state index is 12.9. The van der Waals surface area contributed by atoms with Crippen LogP contribution < -0.4 is 5.32 Å². The lowest BCUT2D eigenvalue weighted by Crippen LogP contribution is -2.39. The highest BCUT2D eigenvalue weighted by Crippen LogP contribution is 2.25. The largest absolute Gasteiger partial charge is 0.508 e. The maximum Gasteiger partial charge on any atom is 0.240 e. The summed E-state index contributed by atoms with van der Waals surface area (Å²) in [7, 11) is -1.91. The molecule has 27 heavy (non-hydrogen) atoms. The minimum absolute atomic E-state index is 0.00254. The molecule has 1 aliphatic heterocycles. The Kier molecular flexibility index (Phi) is 5.31. The second kappa shape index (κ2) is 7.67. The van der Waals surface area contributed by atoms with Crippen molar-refractivity contribution < 1.29 is 29.1 Å². The second-order valence-electron chi connectivity index (χ2n) is 6.18. The van der Waals surface area contributed by atoms with Crippen LogP contribution in [0.2, 0.25) is 0 Å². The number of hydrogen-bond acceptors (Lipinski definition) is 6. The van der Waals surface area contributed by atoms with E-state index in [2.05, 4.69) is 5.32 Å². The molecule has 1 saturated heterocycles. The van der Waals surface area contributed by atoms with E-state index in [9.17, 15) is 29.1 Å². The van der Waals surface area contributed by atoms with Crippen molar-refractivity contribution in [2.24, 2.45) is 5.92 Å². The molecule has 1 heterocycles. The van der Waals surface area contributed by atoms with Gasteiger partial charge in [-0.2, -0.15) is 0 Å². The molecule has 0 bridgehead atoms. The fourth-order valence-corrected chi connectivity index (χ4v) is 4.01. The molecular formula is C18H18N2O6S. The Bertz CT molecular complexity index is 879. The molecule has 8 nitrogen and oxygen atoms in total. The van der Waals surface area contributed by atoms with E-state index in [1.54, 1.807) is 0 Å². The molecule has 2 aromatic rings. The molecule has 2 aromatic carbocycles. The van der Waals surface area contributed by atoms with Gasteiger partial charge in [-0.3, -0.25) is 9.59 Å². The number of benzene rings is 2. The van der Waals surface area contributed by atoms with Crippen LogP contribution in [0.1, 0.15) is 5.56 Å². The SMILES string of the molecule is O=C1CN(S(=O)c2ccc(O)cc2)C(=O)C(Cc2cc(O)cc(O)c2)CN1. The molecule has 0 aromatic heterocycles. The van der Waals surface area contributed by atoms with Gasteiger partial charge in [-0.25, -0.2) is 8.51 Å². The van der Waals surface area contributed by atoms with E-state index in [4.69, 9.17) is 0 Å². The first-order valence-electron chi connectivity index (χ1n) is 8.14. The highest BCUT2D eigenvalue weighted by molar-refractivity contribution is 7.83. The van der Waals surface area contributed by atoms with Crippen molar-refractivity contribution in [3.63, 3.8) is 0 Å². The van der Waals surface area contributed by atoms with E-state index < -0.39 is 28.7 Å². The number of phenolic OH excluding ortho intramolecular Hbond substituents is 3. The minimum atomic E-state index is -1.91. The molecule has 3 rings (SSSR count). The van der Waals surface area contributed by atoms with Gasteiger partial charge in [0.1, 0.15) is 23.8 Å². The number of amides is 2. The van der Waals surface area contributed by atoms with Crippen LogP contribution in [0.5, 0.6) is 17.2 Å². The molecular weight excluding hydrogens is 372 g/mol. The minimum Gasteiger partial charge on any atom is -0.508 e. The Morgan fingerprint density at radius 3 is 2.26 bits per heavy atom. The van der Waals surface area contributed by atoms with Crippen LogP contribution >= 0.6 is 0 Å². The first kappa shape index (κ1) is 18.7. The number of carbonyl (C=O) groups excluding carboxylic acids is 2. The highest BCUT2D eigenvalue weighted by Gasteiger charge is 2.34. The Balaban J connectivity index is 1.85. The standard InChI is InChI=1S/C18H18N2O6S/c21-13-1-3-16(4-2-13)27(26)20-10-17(24)19-9-12(18(20)25)5-11-6-14(22)8-15(23)7-11/h1-4,6-8,12,21-23H,5,9-10H2,(H,19,24). The maximum absolute atomic E-state index is 12.9. The molecule has 0 radical (unpaired) electrons. The van der Waals surface area contributed by atoms with E-state index in [1.165, 1.54) is 42.5 Å². The van der Waals surface area contributed by atoms with Gasteiger partial charge in [-0.15, -0.1) is 0 Å². The Hall–Kier alpha value is -3.07. The summed E-state index contributed by atoms with van der Waals surface area (Å²) in [6.45, 7) is -0.300. The molecule has 9 heteroatoms. The zero-order valence-electron chi connectivity index (χ0n) is 14.2. The Labute approximate surface area is 157 Å². The quantitative estimate of drug-likeness (QED) is 0.607. The molecule has 0 saturated carbocycles. The van der Waals surface area contributed by atoms with E-state index in [1.807, 2.05) is 0 Å². The smallest absolute Gasteiger partial charge is 0.240 e. The van der Waals surface area contributed by atoms with Gasteiger partial charge in [0.05, 0.1) is 10.8 Å². The normalized spacial score (nSPS) is 18.7. The lowest BCUT2D eigenvalue weighted by molar-refractivity contribution is -0.131. The van der Waals surface area contributed by atoms with Gasteiger partial charge in [-0.1, -0.05) is 0 Å². The molecule has 0 aliphatic carbocycles. The zero-order valence-corrected chi connectivity index (χ0v) is 15.0. The lowest BCUT2D eigenvalue weighted by Gasteiger charge is -2.22. The molecule has 4 N–H and O–H groups in total. The third-order valence-electron chi connectivity index (χ3n) is 4.11. The van der Waals surface area contributed by atoms with E-state index >= 15 is 0 Å². The van der Waals surface area contributed by atoms with Gasteiger partial charge in [0.25, 0.3) is 0 Å². The molecule has 2 atom stereocenters. The summed E-state index contributed by atoms with van der Waals surface area (Å²) in [4.78, 5) is 25.2. The highest BCUT2D eigenvalue weighted by atomic mass is 32.2. The topological polar surface area (TPSA) is 127 Å².